The SMILES string of the molecule is Oc1ccc(CCNCc2ccc(OCc3ccccc3)cc2)cc1. The summed E-state index contributed by atoms with van der Waals surface area (Å²) in [6.45, 7) is 2.32. The Hall–Kier alpha value is -2.78. The van der Waals surface area contributed by atoms with Gasteiger partial charge in [0.1, 0.15) is 18.1 Å². The maximum Gasteiger partial charge on any atom is 0.119 e. The Morgan fingerprint density at radius 2 is 1.40 bits per heavy atom. The van der Waals surface area contributed by atoms with Crippen LogP contribution in [0.25, 0.3) is 0 Å². The van der Waals surface area contributed by atoms with Crippen molar-refractivity contribution in [2.75, 3.05) is 6.54 Å². The fourth-order valence-corrected chi connectivity index (χ4v) is 2.57. The number of benzene rings is 3. The van der Waals surface area contributed by atoms with Crippen LogP contribution in [-0.2, 0) is 19.6 Å². The van der Waals surface area contributed by atoms with Gasteiger partial charge in [0, 0.05) is 6.54 Å². The predicted molar refractivity (Wildman–Crippen MR) is 101 cm³/mol. The van der Waals surface area contributed by atoms with E-state index in [9.17, 15) is 5.11 Å². The highest BCUT2D eigenvalue weighted by molar-refractivity contribution is 5.28. The molecule has 128 valence electrons. The van der Waals surface area contributed by atoms with E-state index in [0.29, 0.717) is 12.4 Å². The van der Waals surface area contributed by atoms with Gasteiger partial charge in [-0.15, -0.1) is 0 Å². The van der Waals surface area contributed by atoms with Crippen LogP contribution in [0.5, 0.6) is 11.5 Å². The average molecular weight is 333 g/mol. The molecule has 3 heteroatoms. The van der Waals surface area contributed by atoms with E-state index >= 15 is 0 Å². The zero-order valence-corrected chi connectivity index (χ0v) is 14.2. The molecule has 3 aromatic carbocycles. The smallest absolute Gasteiger partial charge is 0.119 e. The first-order chi connectivity index (χ1) is 12.3. The van der Waals surface area contributed by atoms with Gasteiger partial charge in [-0.25, -0.2) is 0 Å². The minimum atomic E-state index is 0.311. The van der Waals surface area contributed by atoms with Crippen LogP contribution in [0.4, 0.5) is 0 Å². The molecule has 0 unspecified atom stereocenters. The van der Waals surface area contributed by atoms with Gasteiger partial charge in [-0.2, -0.15) is 0 Å². The number of hydrogen-bond donors (Lipinski definition) is 2. The Morgan fingerprint density at radius 1 is 0.720 bits per heavy atom. The molecule has 0 amide bonds. The molecule has 0 fully saturated rings. The topological polar surface area (TPSA) is 41.5 Å². The monoisotopic (exact) mass is 333 g/mol. The summed E-state index contributed by atoms with van der Waals surface area (Å²) in [5.41, 5.74) is 3.62. The normalized spacial score (nSPS) is 10.6. The zero-order valence-electron chi connectivity index (χ0n) is 14.2. The maximum atomic E-state index is 9.28. The van der Waals surface area contributed by atoms with E-state index in [2.05, 4.69) is 29.6 Å². The van der Waals surface area contributed by atoms with Gasteiger partial charge < -0.3 is 15.2 Å². The molecule has 0 aromatic heterocycles. The second kappa shape index (κ2) is 8.90. The summed E-state index contributed by atoms with van der Waals surface area (Å²) in [6.07, 6.45) is 0.943. The fourth-order valence-electron chi connectivity index (χ4n) is 2.57. The van der Waals surface area contributed by atoms with Crippen molar-refractivity contribution in [1.29, 1.82) is 0 Å². The van der Waals surface area contributed by atoms with E-state index in [1.54, 1.807) is 12.1 Å². The van der Waals surface area contributed by atoms with Gasteiger partial charge in [0.05, 0.1) is 0 Å². The summed E-state index contributed by atoms with van der Waals surface area (Å²) < 4.78 is 5.80. The quantitative estimate of drug-likeness (QED) is 0.604. The second-order valence-electron chi connectivity index (χ2n) is 6.01. The van der Waals surface area contributed by atoms with Gasteiger partial charge >= 0.3 is 0 Å². The van der Waals surface area contributed by atoms with Gasteiger partial charge in [0.15, 0.2) is 0 Å². The van der Waals surface area contributed by atoms with E-state index in [1.165, 1.54) is 16.7 Å². The Bertz CT molecular complexity index is 752. The first-order valence-corrected chi connectivity index (χ1v) is 8.54. The van der Waals surface area contributed by atoms with E-state index in [0.717, 1.165) is 25.3 Å². The molecule has 3 aromatic rings. The van der Waals surface area contributed by atoms with Gasteiger partial charge in [-0.05, 0) is 53.9 Å². The van der Waals surface area contributed by atoms with Crippen LogP contribution in [0.2, 0.25) is 0 Å². The fraction of sp³-hybridized carbons (Fsp3) is 0.182. The summed E-state index contributed by atoms with van der Waals surface area (Å²) in [5.74, 6) is 1.20. The Balaban J connectivity index is 1.39. The van der Waals surface area contributed by atoms with Gasteiger partial charge in [-0.3, -0.25) is 0 Å². The van der Waals surface area contributed by atoms with Crippen LogP contribution in [0, 0.1) is 0 Å². The Labute approximate surface area is 148 Å². The molecule has 0 atom stereocenters. The molecule has 0 radical (unpaired) electrons. The number of phenols is 1. The van der Waals surface area contributed by atoms with Crippen molar-refractivity contribution in [2.24, 2.45) is 0 Å². The van der Waals surface area contributed by atoms with Crippen molar-refractivity contribution in [3.63, 3.8) is 0 Å². The van der Waals surface area contributed by atoms with Crippen LogP contribution < -0.4 is 10.1 Å². The Kier molecular flexibility index (Phi) is 6.07. The van der Waals surface area contributed by atoms with E-state index in [1.807, 2.05) is 42.5 Å². The standard InChI is InChI=1S/C22H23NO2/c24-21-10-6-18(7-11-21)14-15-23-16-19-8-12-22(13-9-19)25-17-20-4-2-1-3-5-20/h1-13,23-24H,14-17H2. The van der Waals surface area contributed by atoms with Gasteiger partial charge in [-0.1, -0.05) is 54.6 Å². The Morgan fingerprint density at radius 3 is 2.12 bits per heavy atom. The van der Waals surface area contributed by atoms with Crippen LogP contribution in [0.15, 0.2) is 78.9 Å². The lowest BCUT2D eigenvalue weighted by molar-refractivity contribution is 0.306. The van der Waals surface area contributed by atoms with Crippen LogP contribution in [-0.4, -0.2) is 11.7 Å². The molecule has 0 aliphatic heterocycles. The molecule has 0 saturated carbocycles. The maximum absolute atomic E-state index is 9.28. The minimum absolute atomic E-state index is 0.311. The largest absolute Gasteiger partial charge is 0.508 e. The van der Waals surface area contributed by atoms with Crippen molar-refractivity contribution in [3.8, 4) is 11.5 Å². The third-order valence-electron chi connectivity index (χ3n) is 4.03. The molecular weight excluding hydrogens is 310 g/mol. The number of hydrogen-bond acceptors (Lipinski definition) is 3. The lowest BCUT2D eigenvalue weighted by atomic mass is 10.1. The number of aromatic hydroxyl groups is 1. The predicted octanol–water partition coefficient (Wildman–Crippen LogP) is 4.30. The summed E-state index contributed by atoms with van der Waals surface area (Å²) in [6, 6.07) is 25.7. The number of rotatable bonds is 8. The lowest BCUT2D eigenvalue weighted by Crippen LogP contribution is -2.16. The van der Waals surface area contributed by atoms with Crippen molar-refractivity contribution in [1.82, 2.24) is 5.32 Å². The molecule has 0 spiro atoms. The summed E-state index contributed by atoms with van der Waals surface area (Å²) in [7, 11) is 0. The molecule has 25 heavy (non-hydrogen) atoms. The second-order valence-corrected chi connectivity index (χ2v) is 6.01. The number of phenolic OH excluding ortho intramolecular Hbond substituents is 1. The summed E-state index contributed by atoms with van der Waals surface area (Å²) in [4.78, 5) is 0. The molecule has 0 aliphatic rings. The summed E-state index contributed by atoms with van der Waals surface area (Å²) in [5, 5.41) is 12.7. The zero-order chi connectivity index (χ0) is 17.3. The highest BCUT2D eigenvalue weighted by atomic mass is 16.5. The third kappa shape index (κ3) is 5.66. The molecule has 2 N–H and O–H groups in total. The van der Waals surface area contributed by atoms with Gasteiger partial charge in [0.2, 0.25) is 0 Å². The van der Waals surface area contributed by atoms with Crippen molar-refractivity contribution >= 4 is 0 Å². The highest BCUT2D eigenvalue weighted by Gasteiger charge is 1.98. The van der Waals surface area contributed by atoms with Crippen molar-refractivity contribution in [3.05, 3.63) is 95.6 Å². The molecule has 0 saturated heterocycles. The number of nitrogens with one attached hydrogen (secondary N) is 1. The van der Waals surface area contributed by atoms with Crippen LogP contribution >= 0.6 is 0 Å². The third-order valence-corrected chi connectivity index (χ3v) is 4.03. The summed E-state index contributed by atoms with van der Waals surface area (Å²) >= 11 is 0. The highest BCUT2D eigenvalue weighted by Crippen LogP contribution is 2.14. The van der Waals surface area contributed by atoms with Gasteiger partial charge in [0.25, 0.3) is 0 Å². The van der Waals surface area contributed by atoms with Crippen molar-refractivity contribution in [2.45, 2.75) is 19.6 Å². The molecule has 0 aliphatic carbocycles. The molecule has 0 heterocycles. The van der Waals surface area contributed by atoms with Crippen LogP contribution in [0.1, 0.15) is 16.7 Å². The lowest BCUT2D eigenvalue weighted by Gasteiger charge is -2.08. The van der Waals surface area contributed by atoms with E-state index in [4.69, 9.17) is 4.74 Å². The van der Waals surface area contributed by atoms with Crippen molar-refractivity contribution < 1.29 is 9.84 Å². The first-order valence-electron chi connectivity index (χ1n) is 8.54. The molecule has 3 nitrogen and oxygen atoms in total. The minimum Gasteiger partial charge on any atom is -0.508 e. The van der Waals surface area contributed by atoms with E-state index < -0.39 is 0 Å². The molecule has 3 rings (SSSR count). The van der Waals surface area contributed by atoms with E-state index in [-0.39, 0.29) is 0 Å². The van der Waals surface area contributed by atoms with Crippen LogP contribution in [0.3, 0.4) is 0 Å². The first kappa shape index (κ1) is 17.1. The average Bonchev–Trinajstić information content (AvgIpc) is 2.67. The number of ether oxygens (including phenoxy) is 1. The molecule has 0 bridgehead atoms. The molecular formula is C22H23NO2.